The van der Waals surface area contributed by atoms with Crippen LogP contribution in [0.2, 0.25) is 0 Å². The van der Waals surface area contributed by atoms with E-state index < -0.39 is 22.5 Å². The number of aromatic nitrogens is 2. The molecule has 0 aliphatic heterocycles. The van der Waals surface area contributed by atoms with E-state index in [-0.39, 0.29) is 11.6 Å². The number of carboxylic acid groups (broad SMARTS) is 1. The number of nitrogens with zero attached hydrogens (tertiary/aromatic N) is 4. The van der Waals surface area contributed by atoms with Gasteiger partial charge in [0.05, 0.1) is 0 Å². The van der Waals surface area contributed by atoms with Crippen LogP contribution < -0.4 is 0 Å². The second-order valence-corrected chi connectivity index (χ2v) is 6.66. The summed E-state index contributed by atoms with van der Waals surface area (Å²) in [5.74, 6) is -0.647. The van der Waals surface area contributed by atoms with Crippen LogP contribution >= 0.6 is 0 Å². The molecule has 0 aliphatic rings. The van der Waals surface area contributed by atoms with Crippen molar-refractivity contribution in [1.29, 1.82) is 0 Å². The molecule has 9 heteroatoms. The van der Waals surface area contributed by atoms with Gasteiger partial charge in [0, 0.05) is 26.3 Å². The molecule has 1 N–H and O–H groups in total. The van der Waals surface area contributed by atoms with Crippen molar-refractivity contribution in [2.24, 2.45) is 7.05 Å². The van der Waals surface area contributed by atoms with Gasteiger partial charge in [-0.15, -0.1) is 0 Å². The highest BCUT2D eigenvalue weighted by Crippen LogP contribution is 2.14. The van der Waals surface area contributed by atoms with Gasteiger partial charge in [-0.3, -0.25) is 4.79 Å². The lowest BCUT2D eigenvalue weighted by Crippen LogP contribution is -2.40. The number of aryl methyl sites for hydroxylation is 2. The first-order valence-electron chi connectivity index (χ1n) is 6.01. The lowest BCUT2D eigenvalue weighted by molar-refractivity contribution is -0.137. The molecule has 1 rings (SSSR count). The molecular weight excluding hydrogens is 284 g/mol. The predicted octanol–water partition coefficient (Wildman–Crippen LogP) is -0.635. The Morgan fingerprint density at radius 3 is 2.40 bits per heavy atom. The Morgan fingerprint density at radius 2 is 2.00 bits per heavy atom. The topological polar surface area (TPSA) is 95.7 Å². The van der Waals surface area contributed by atoms with Crippen molar-refractivity contribution >= 4 is 16.0 Å². The zero-order valence-corrected chi connectivity index (χ0v) is 12.9. The van der Waals surface area contributed by atoms with Gasteiger partial charge in [0.2, 0.25) is 0 Å². The largest absolute Gasteiger partial charge is 0.480 e. The van der Waals surface area contributed by atoms with E-state index in [1.54, 1.807) is 37.5 Å². The maximum atomic E-state index is 12.4. The zero-order valence-electron chi connectivity index (χ0n) is 12.1. The first-order chi connectivity index (χ1) is 9.14. The number of aliphatic carboxylic acids is 1. The first kappa shape index (κ1) is 16.6. The Labute approximate surface area is 118 Å². The summed E-state index contributed by atoms with van der Waals surface area (Å²) in [6, 6.07) is 0. The summed E-state index contributed by atoms with van der Waals surface area (Å²) in [7, 11) is 1.36. The van der Waals surface area contributed by atoms with Crippen molar-refractivity contribution in [2.45, 2.75) is 11.9 Å². The lowest BCUT2D eigenvalue weighted by atomic mass is 10.5. The first-order valence-corrected chi connectivity index (χ1v) is 7.45. The summed E-state index contributed by atoms with van der Waals surface area (Å²) in [6.45, 7) is 1.63. The third-order valence-electron chi connectivity index (χ3n) is 2.80. The number of imidazole rings is 1. The maximum absolute atomic E-state index is 12.4. The highest BCUT2D eigenvalue weighted by Gasteiger charge is 2.29. The second-order valence-electron chi connectivity index (χ2n) is 4.77. The van der Waals surface area contributed by atoms with E-state index in [1.807, 2.05) is 0 Å². The van der Waals surface area contributed by atoms with Crippen LogP contribution in [0.25, 0.3) is 0 Å². The average molecular weight is 304 g/mol. The van der Waals surface area contributed by atoms with Crippen molar-refractivity contribution in [3.63, 3.8) is 0 Å². The van der Waals surface area contributed by atoms with Crippen molar-refractivity contribution in [2.75, 3.05) is 33.7 Å². The lowest BCUT2D eigenvalue weighted by Gasteiger charge is -2.21. The zero-order chi connectivity index (χ0) is 15.5. The molecule has 0 bridgehead atoms. The molecule has 0 saturated carbocycles. The van der Waals surface area contributed by atoms with Gasteiger partial charge < -0.3 is 14.6 Å². The molecule has 0 radical (unpaired) electrons. The number of carboxylic acids is 1. The number of sulfonamides is 1. The van der Waals surface area contributed by atoms with Gasteiger partial charge in [0.1, 0.15) is 12.4 Å². The fourth-order valence-corrected chi connectivity index (χ4v) is 2.94. The van der Waals surface area contributed by atoms with Gasteiger partial charge >= 0.3 is 5.97 Å². The molecule has 1 aromatic rings. The minimum absolute atomic E-state index is 0.0945. The number of hydrogen-bond acceptors (Lipinski definition) is 5. The van der Waals surface area contributed by atoms with Gasteiger partial charge in [-0.05, 0) is 21.0 Å². The predicted molar refractivity (Wildman–Crippen MR) is 72.9 cm³/mol. The Hall–Kier alpha value is -1.45. The monoisotopic (exact) mass is 304 g/mol. The average Bonchev–Trinajstić information content (AvgIpc) is 2.65. The van der Waals surface area contributed by atoms with Crippen LogP contribution in [-0.2, 0) is 21.9 Å². The third kappa shape index (κ3) is 4.02. The van der Waals surface area contributed by atoms with E-state index >= 15 is 0 Å². The molecule has 0 spiro atoms. The summed E-state index contributed by atoms with van der Waals surface area (Å²) < 4.78 is 27.3. The van der Waals surface area contributed by atoms with Gasteiger partial charge in [0.25, 0.3) is 10.0 Å². The standard InChI is InChI=1S/C11H20N4O4S/c1-9-12-10(7-14(9)4)20(18,19)15(8-11(16)17)6-5-13(2)3/h7H,5-6,8H2,1-4H3,(H,16,17). The van der Waals surface area contributed by atoms with E-state index in [4.69, 9.17) is 5.11 Å². The summed E-state index contributed by atoms with van der Waals surface area (Å²) in [5.41, 5.74) is 0. The quantitative estimate of drug-likeness (QED) is 0.720. The molecule has 0 amide bonds. The molecule has 0 saturated heterocycles. The van der Waals surface area contributed by atoms with Gasteiger partial charge in [-0.25, -0.2) is 13.4 Å². The molecule has 20 heavy (non-hydrogen) atoms. The molecule has 0 fully saturated rings. The summed E-state index contributed by atoms with van der Waals surface area (Å²) >= 11 is 0. The molecule has 1 aromatic heterocycles. The van der Waals surface area contributed by atoms with E-state index in [1.165, 1.54) is 6.20 Å². The molecule has 0 aromatic carbocycles. The van der Waals surface area contributed by atoms with Gasteiger partial charge in [-0.1, -0.05) is 0 Å². The van der Waals surface area contributed by atoms with Crippen LogP contribution in [0.3, 0.4) is 0 Å². The van der Waals surface area contributed by atoms with E-state index in [0.717, 1.165) is 4.31 Å². The van der Waals surface area contributed by atoms with E-state index in [2.05, 4.69) is 4.98 Å². The summed E-state index contributed by atoms with van der Waals surface area (Å²) in [4.78, 5) is 16.6. The Balaban J connectivity index is 3.06. The third-order valence-corrected chi connectivity index (χ3v) is 4.52. The highest BCUT2D eigenvalue weighted by molar-refractivity contribution is 7.89. The molecule has 1 heterocycles. The van der Waals surface area contributed by atoms with Crippen molar-refractivity contribution in [3.05, 3.63) is 12.0 Å². The molecule has 8 nitrogen and oxygen atoms in total. The SMILES string of the molecule is Cc1nc(S(=O)(=O)N(CCN(C)C)CC(=O)O)cn1C. The van der Waals surface area contributed by atoms with Crippen LogP contribution in [0, 0.1) is 6.92 Å². The fourth-order valence-electron chi connectivity index (χ4n) is 1.53. The summed E-state index contributed by atoms with van der Waals surface area (Å²) in [5, 5.41) is 8.75. The van der Waals surface area contributed by atoms with Gasteiger partial charge in [0.15, 0.2) is 5.03 Å². The Kier molecular flexibility index (Phi) is 5.26. The smallest absolute Gasteiger partial charge is 0.318 e. The van der Waals surface area contributed by atoms with Gasteiger partial charge in [-0.2, -0.15) is 4.31 Å². The highest BCUT2D eigenvalue weighted by atomic mass is 32.2. The van der Waals surface area contributed by atoms with Crippen molar-refractivity contribution in [1.82, 2.24) is 18.8 Å². The molecule has 0 aliphatic carbocycles. The minimum atomic E-state index is -3.90. The number of carbonyl (C=O) groups is 1. The normalized spacial score (nSPS) is 12.3. The van der Waals surface area contributed by atoms with Crippen LogP contribution in [0.4, 0.5) is 0 Å². The van der Waals surface area contributed by atoms with E-state index in [0.29, 0.717) is 12.4 Å². The van der Waals surface area contributed by atoms with Crippen molar-refractivity contribution in [3.8, 4) is 0 Å². The Morgan fingerprint density at radius 1 is 1.40 bits per heavy atom. The molecular formula is C11H20N4O4S. The fraction of sp³-hybridized carbons (Fsp3) is 0.636. The maximum Gasteiger partial charge on any atom is 0.318 e. The van der Waals surface area contributed by atoms with Crippen LogP contribution in [-0.4, -0.2) is 72.0 Å². The van der Waals surface area contributed by atoms with Crippen molar-refractivity contribution < 1.29 is 18.3 Å². The summed E-state index contributed by atoms with van der Waals surface area (Å²) in [6.07, 6.45) is 1.38. The molecule has 0 unspecified atom stereocenters. The molecule has 114 valence electrons. The van der Waals surface area contributed by atoms with Crippen LogP contribution in [0.5, 0.6) is 0 Å². The second kappa shape index (κ2) is 6.33. The van der Waals surface area contributed by atoms with Crippen LogP contribution in [0.15, 0.2) is 11.2 Å². The Bertz CT molecular complexity index is 560. The van der Waals surface area contributed by atoms with Crippen LogP contribution in [0.1, 0.15) is 5.82 Å². The number of hydrogen-bond donors (Lipinski definition) is 1. The van der Waals surface area contributed by atoms with E-state index in [9.17, 15) is 13.2 Å². The molecule has 0 atom stereocenters. The minimum Gasteiger partial charge on any atom is -0.480 e. The number of rotatable bonds is 7. The number of likely N-dealkylation sites (N-methyl/N-ethyl adjacent to an activating group) is 1.